The Balaban J connectivity index is 1.43. The Morgan fingerprint density at radius 1 is 1.15 bits per heavy atom. The number of hydrogen-bond donors (Lipinski definition) is 1. The van der Waals surface area contributed by atoms with Crippen molar-refractivity contribution in [3.8, 4) is 5.13 Å². The van der Waals surface area contributed by atoms with E-state index in [9.17, 15) is 4.79 Å². The maximum absolute atomic E-state index is 12.8. The van der Waals surface area contributed by atoms with Crippen LogP contribution in [-0.2, 0) is 4.79 Å². The zero-order valence-corrected chi connectivity index (χ0v) is 16.4. The van der Waals surface area contributed by atoms with Crippen LogP contribution in [-0.4, -0.2) is 33.8 Å². The van der Waals surface area contributed by atoms with Gasteiger partial charge in [0.1, 0.15) is 0 Å². The van der Waals surface area contributed by atoms with Crippen molar-refractivity contribution in [3.05, 3.63) is 53.9 Å². The number of carbonyl (C=O) groups is 1. The first-order chi connectivity index (χ1) is 13.1. The van der Waals surface area contributed by atoms with Gasteiger partial charge in [0.05, 0.1) is 5.92 Å². The van der Waals surface area contributed by atoms with Crippen LogP contribution in [0.4, 0.5) is 10.8 Å². The lowest BCUT2D eigenvalue weighted by Gasteiger charge is -2.31. The summed E-state index contributed by atoms with van der Waals surface area (Å²) in [5, 5.41) is 13.4. The van der Waals surface area contributed by atoms with Gasteiger partial charge in [0.25, 0.3) is 0 Å². The van der Waals surface area contributed by atoms with Gasteiger partial charge in [-0.1, -0.05) is 17.4 Å². The molecule has 7 heteroatoms. The van der Waals surface area contributed by atoms with Crippen LogP contribution >= 0.6 is 11.3 Å². The summed E-state index contributed by atoms with van der Waals surface area (Å²) < 4.78 is 1.95. The molecule has 1 aliphatic heterocycles. The van der Waals surface area contributed by atoms with E-state index >= 15 is 0 Å². The zero-order valence-electron chi connectivity index (χ0n) is 15.6. The van der Waals surface area contributed by atoms with Crippen molar-refractivity contribution in [2.75, 3.05) is 23.3 Å². The third kappa shape index (κ3) is 3.88. The van der Waals surface area contributed by atoms with Gasteiger partial charge in [-0.25, -0.2) is 0 Å². The normalized spacial score (nSPS) is 17.1. The summed E-state index contributed by atoms with van der Waals surface area (Å²) in [6.07, 6.45) is 5.79. The van der Waals surface area contributed by atoms with Crippen LogP contribution in [0.5, 0.6) is 0 Å². The van der Waals surface area contributed by atoms with E-state index in [1.54, 1.807) is 11.3 Å². The highest BCUT2D eigenvalue weighted by Crippen LogP contribution is 2.28. The van der Waals surface area contributed by atoms with Crippen LogP contribution in [0.15, 0.2) is 42.7 Å². The average Bonchev–Trinajstić information content (AvgIpc) is 3.36. The Hall–Kier alpha value is -2.67. The molecular weight excluding hydrogens is 358 g/mol. The van der Waals surface area contributed by atoms with Crippen LogP contribution in [0, 0.1) is 19.8 Å². The van der Waals surface area contributed by atoms with Crippen LogP contribution in [0.2, 0.25) is 0 Å². The Labute approximate surface area is 162 Å². The zero-order chi connectivity index (χ0) is 18.8. The van der Waals surface area contributed by atoms with E-state index in [0.717, 1.165) is 35.3 Å². The van der Waals surface area contributed by atoms with Crippen molar-refractivity contribution in [2.45, 2.75) is 26.7 Å². The first-order valence-electron chi connectivity index (χ1n) is 9.20. The van der Waals surface area contributed by atoms with Crippen LogP contribution in [0.1, 0.15) is 24.0 Å². The standard InChI is InChI=1S/C20H23N5OS/c1-14-7-8-17(12-15(14)2)21-18(26)16-6-5-11-25(13-16)20-23-22-19(27-20)24-9-3-4-10-24/h3-4,7-10,12,16H,5-6,11,13H2,1-2H3,(H,21,26)/t16-/m0/s1. The molecule has 1 atom stereocenters. The summed E-state index contributed by atoms with van der Waals surface area (Å²) in [5.74, 6) is 0.0392. The molecule has 1 aliphatic rings. The van der Waals surface area contributed by atoms with Crippen molar-refractivity contribution < 1.29 is 4.79 Å². The topological polar surface area (TPSA) is 63.1 Å². The summed E-state index contributed by atoms with van der Waals surface area (Å²) in [5.41, 5.74) is 3.28. The highest BCUT2D eigenvalue weighted by atomic mass is 32.1. The maximum Gasteiger partial charge on any atom is 0.229 e. The molecule has 1 aromatic carbocycles. The summed E-state index contributed by atoms with van der Waals surface area (Å²) in [6, 6.07) is 9.98. The van der Waals surface area contributed by atoms with Crippen molar-refractivity contribution in [2.24, 2.45) is 5.92 Å². The van der Waals surface area contributed by atoms with Gasteiger partial charge in [-0.05, 0) is 62.1 Å². The molecule has 0 bridgehead atoms. The predicted octanol–water partition coefficient (Wildman–Crippen LogP) is 3.80. The predicted molar refractivity (Wildman–Crippen MR) is 109 cm³/mol. The van der Waals surface area contributed by atoms with Gasteiger partial charge in [0.2, 0.25) is 16.2 Å². The second kappa shape index (κ2) is 7.52. The lowest BCUT2D eigenvalue weighted by atomic mass is 9.97. The molecule has 4 rings (SSSR count). The molecular formula is C20H23N5OS. The number of aromatic nitrogens is 3. The molecule has 1 fully saturated rings. The van der Waals surface area contributed by atoms with Crippen LogP contribution in [0.25, 0.3) is 5.13 Å². The van der Waals surface area contributed by atoms with E-state index in [-0.39, 0.29) is 11.8 Å². The van der Waals surface area contributed by atoms with Gasteiger partial charge in [-0.15, -0.1) is 10.2 Å². The van der Waals surface area contributed by atoms with E-state index in [1.807, 2.05) is 47.3 Å². The molecule has 1 N–H and O–H groups in total. The number of amides is 1. The number of nitrogens with one attached hydrogen (secondary N) is 1. The van der Waals surface area contributed by atoms with Crippen LogP contribution in [0.3, 0.4) is 0 Å². The summed E-state index contributed by atoms with van der Waals surface area (Å²) in [6.45, 7) is 5.72. The number of anilines is 2. The lowest BCUT2D eigenvalue weighted by Crippen LogP contribution is -2.40. The fourth-order valence-electron chi connectivity index (χ4n) is 3.33. The minimum Gasteiger partial charge on any atom is -0.346 e. The molecule has 1 saturated heterocycles. The van der Waals surface area contributed by atoms with E-state index in [4.69, 9.17) is 0 Å². The molecule has 140 valence electrons. The Morgan fingerprint density at radius 2 is 1.93 bits per heavy atom. The maximum atomic E-state index is 12.8. The third-order valence-corrected chi connectivity index (χ3v) is 6.06. The first-order valence-corrected chi connectivity index (χ1v) is 10.0. The molecule has 0 unspecified atom stereocenters. The summed E-state index contributed by atoms with van der Waals surface area (Å²) >= 11 is 1.55. The minimum absolute atomic E-state index is 0.0423. The van der Waals surface area contributed by atoms with E-state index in [1.165, 1.54) is 11.1 Å². The number of piperidine rings is 1. The number of benzene rings is 1. The van der Waals surface area contributed by atoms with Gasteiger partial charge >= 0.3 is 0 Å². The van der Waals surface area contributed by atoms with Crippen LogP contribution < -0.4 is 10.2 Å². The third-order valence-electron chi connectivity index (χ3n) is 5.07. The Kier molecular flexibility index (Phi) is 4.94. The van der Waals surface area contributed by atoms with E-state index < -0.39 is 0 Å². The molecule has 6 nitrogen and oxygen atoms in total. The number of hydrogen-bond acceptors (Lipinski definition) is 5. The summed E-state index contributed by atoms with van der Waals surface area (Å²) in [7, 11) is 0. The van der Waals surface area contributed by atoms with Gasteiger partial charge in [-0.2, -0.15) is 0 Å². The van der Waals surface area contributed by atoms with Crippen molar-refractivity contribution >= 4 is 28.1 Å². The van der Waals surface area contributed by atoms with E-state index in [0.29, 0.717) is 6.54 Å². The molecule has 1 amide bonds. The number of nitrogens with zero attached hydrogens (tertiary/aromatic N) is 4. The molecule has 0 saturated carbocycles. The fourth-order valence-corrected chi connectivity index (χ4v) is 4.18. The highest BCUT2D eigenvalue weighted by Gasteiger charge is 2.28. The SMILES string of the molecule is Cc1ccc(NC(=O)[C@H]2CCCN(c3nnc(-n4cccc4)s3)C2)cc1C. The largest absolute Gasteiger partial charge is 0.346 e. The Morgan fingerprint density at radius 3 is 2.70 bits per heavy atom. The molecule has 0 aliphatic carbocycles. The Bertz CT molecular complexity index is 934. The van der Waals surface area contributed by atoms with Gasteiger partial charge in [0.15, 0.2) is 0 Å². The van der Waals surface area contributed by atoms with Crippen molar-refractivity contribution in [1.29, 1.82) is 0 Å². The molecule has 0 spiro atoms. The molecule has 27 heavy (non-hydrogen) atoms. The monoisotopic (exact) mass is 381 g/mol. The van der Waals surface area contributed by atoms with Gasteiger partial charge in [0, 0.05) is 31.2 Å². The molecule has 2 aromatic heterocycles. The number of rotatable bonds is 4. The molecule has 0 radical (unpaired) electrons. The molecule has 3 heterocycles. The fraction of sp³-hybridized carbons (Fsp3) is 0.350. The lowest BCUT2D eigenvalue weighted by molar-refractivity contribution is -0.120. The second-order valence-corrected chi connectivity index (χ2v) is 7.97. The van der Waals surface area contributed by atoms with Crippen molar-refractivity contribution in [3.63, 3.8) is 0 Å². The number of carbonyl (C=O) groups excluding carboxylic acids is 1. The number of aryl methyl sites for hydroxylation is 2. The minimum atomic E-state index is -0.0423. The first kappa shape index (κ1) is 17.7. The van der Waals surface area contributed by atoms with Crippen molar-refractivity contribution in [1.82, 2.24) is 14.8 Å². The quantitative estimate of drug-likeness (QED) is 0.747. The second-order valence-electron chi connectivity index (χ2n) is 7.03. The summed E-state index contributed by atoms with van der Waals surface area (Å²) in [4.78, 5) is 14.9. The highest BCUT2D eigenvalue weighted by molar-refractivity contribution is 7.17. The van der Waals surface area contributed by atoms with Gasteiger partial charge < -0.3 is 10.2 Å². The molecule has 3 aromatic rings. The smallest absolute Gasteiger partial charge is 0.229 e. The average molecular weight is 382 g/mol. The van der Waals surface area contributed by atoms with Gasteiger partial charge in [-0.3, -0.25) is 9.36 Å². The van der Waals surface area contributed by atoms with E-state index in [2.05, 4.69) is 34.3 Å².